The fourth-order valence-corrected chi connectivity index (χ4v) is 7.57. The Morgan fingerprint density at radius 3 is 1.95 bits per heavy atom. The van der Waals surface area contributed by atoms with Crippen LogP contribution in [-0.2, 0) is 26.9 Å². The van der Waals surface area contributed by atoms with Crippen molar-refractivity contribution in [2.24, 2.45) is 11.8 Å². The molecule has 1 saturated heterocycles. The van der Waals surface area contributed by atoms with Crippen molar-refractivity contribution in [2.45, 2.75) is 83.5 Å². The molecule has 2 aliphatic heterocycles. The summed E-state index contributed by atoms with van der Waals surface area (Å²) < 4.78 is 13.4. The minimum absolute atomic E-state index is 0.0299. The third kappa shape index (κ3) is 5.97. The van der Waals surface area contributed by atoms with E-state index in [0.29, 0.717) is 24.2 Å². The van der Waals surface area contributed by atoms with Gasteiger partial charge in [0.15, 0.2) is 14.0 Å². The molecule has 0 aromatic heterocycles. The van der Waals surface area contributed by atoms with E-state index in [4.69, 9.17) is 9.16 Å². The lowest BCUT2D eigenvalue weighted by Crippen LogP contribution is -2.70. The molecule has 0 saturated carbocycles. The number of imide groups is 1. The maximum absolute atomic E-state index is 14.7. The van der Waals surface area contributed by atoms with Crippen LogP contribution in [0.2, 0.25) is 18.1 Å². The lowest BCUT2D eigenvalue weighted by Gasteiger charge is -2.50. The summed E-state index contributed by atoms with van der Waals surface area (Å²) in [7, 11) is -2.18. The van der Waals surface area contributed by atoms with E-state index in [-0.39, 0.29) is 23.0 Å². The number of carbonyl (C=O) groups excluding carboxylic acids is 3. The highest BCUT2D eigenvalue weighted by Crippen LogP contribution is 2.42. The topological polar surface area (TPSA) is 84.9 Å². The molecule has 1 N–H and O–H groups in total. The summed E-state index contributed by atoms with van der Waals surface area (Å²) in [4.78, 5) is 43.4. The second kappa shape index (κ2) is 12.0. The van der Waals surface area contributed by atoms with E-state index in [2.05, 4.69) is 39.2 Å². The average Bonchev–Trinajstić information content (AvgIpc) is 2.95. The second-order valence-corrected chi connectivity index (χ2v) is 18.5. The van der Waals surface area contributed by atoms with Crippen LogP contribution in [-0.4, -0.2) is 48.8 Å². The summed E-state index contributed by atoms with van der Waals surface area (Å²) in [6.07, 6.45) is 0.219. The summed E-state index contributed by atoms with van der Waals surface area (Å²) in [5.41, 5.74) is 0.889. The Bertz CT molecular complexity index is 1480. The maximum Gasteiger partial charge on any atom is 0.267 e. The van der Waals surface area contributed by atoms with Crippen molar-refractivity contribution in [2.75, 3.05) is 0 Å². The zero-order valence-electron chi connectivity index (χ0n) is 26.8. The number of carbonyl (C=O) groups is 3. The fraction of sp³-hybridized carbons (Fsp3) is 0.417. The van der Waals surface area contributed by atoms with Crippen molar-refractivity contribution in [1.29, 1.82) is 0 Å². The number of fused-ring (bicyclic) bond motifs is 1. The van der Waals surface area contributed by atoms with Crippen LogP contribution < -0.4 is 10.1 Å². The average molecular weight is 613 g/mol. The minimum Gasteiger partial charge on any atom is -0.466 e. The van der Waals surface area contributed by atoms with Gasteiger partial charge in [-0.1, -0.05) is 100 Å². The molecule has 2 aliphatic rings. The summed E-state index contributed by atoms with van der Waals surface area (Å²) in [5.74, 6) is -1.67. The molecule has 0 spiro atoms. The first kappa shape index (κ1) is 31.7. The standard InChI is InChI=1S/C36H44N2O5Si/c1-24(31-30(32(39)37-31)25(2)43-44(6,7)35(3,4)5)33(40)38-34(41)28-20-14-15-21-29(28)42-36(38,22-26-16-10-8-11-17-26)23-27-18-12-9-13-19-27/h8-21,24-25,30-31H,22-23H2,1-7H3,(H,37,39)/t24-,25-,30-,31-/m1/s1. The highest BCUT2D eigenvalue weighted by molar-refractivity contribution is 6.74. The first-order chi connectivity index (χ1) is 20.7. The first-order valence-electron chi connectivity index (χ1n) is 15.5. The Balaban J connectivity index is 1.53. The molecule has 0 unspecified atom stereocenters. The number of amides is 3. The van der Waals surface area contributed by atoms with Gasteiger partial charge in [-0.3, -0.25) is 14.4 Å². The van der Waals surface area contributed by atoms with Crippen LogP contribution in [0.1, 0.15) is 56.1 Å². The number of benzene rings is 3. The van der Waals surface area contributed by atoms with E-state index in [9.17, 15) is 14.4 Å². The van der Waals surface area contributed by atoms with Gasteiger partial charge in [0.05, 0.1) is 29.5 Å². The molecule has 8 heteroatoms. The third-order valence-corrected chi connectivity index (χ3v) is 14.2. The normalized spacial score (nSPS) is 20.9. The van der Waals surface area contributed by atoms with Gasteiger partial charge in [0.25, 0.3) is 5.91 Å². The van der Waals surface area contributed by atoms with Crippen LogP contribution in [0, 0.1) is 11.8 Å². The fourth-order valence-electron chi connectivity index (χ4n) is 6.14. The molecule has 5 rings (SSSR count). The van der Waals surface area contributed by atoms with E-state index in [1.54, 1.807) is 25.1 Å². The maximum atomic E-state index is 14.7. The van der Waals surface area contributed by atoms with Crippen LogP contribution in [0.5, 0.6) is 5.75 Å². The van der Waals surface area contributed by atoms with E-state index < -0.39 is 37.8 Å². The summed E-state index contributed by atoms with van der Waals surface area (Å²) >= 11 is 0. The Labute approximate surface area is 262 Å². The molecule has 0 bridgehead atoms. The van der Waals surface area contributed by atoms with Gasteiger partial charge in [-0.15, -0.1) is 0 Å². The van der Waals surface area contributed by atoms with Gasteiger partial charge in [-0.05, 0) is 48.3 Å². The largest absolute Gasteiger partial charge is 0.466 e. The van der Waals surface area contributed by atoms with Crippen LogP contribution in [0.15, 0.2) is 84.9 Å². The van der Waals surface area contributed by atoms with Crippen molar-refractivity contribution in [1.82, 2.24) is 10.2 Å². The van der Waals surface area contributed by atoms with Crippen LogP contribution in [0.3, 0.4) is 0 Å². The smallest absolute Gasteiger partial charge is 0.267 e. The number of nitrogens with one attached hydrogen (secondary N) is 1. The molecular formula is C36H44N2O5Si. The van der Waals surface area contributed by atoms with Gasteiger partial charge < -0.3 is 14.5 Å². The Morgan fingerprint density at radius 2 is 1.43 bits per heavy atom. The van der Waals surface area contributed by atoms with Crippen LogP contribution >= 0.6 is 0 Å². The predicted octanol–water partition coefficient (Wildman–Crippen LogP) is 6.39. The summed E-state index contributed by atoms with van der Waals surface area (Å²) in [6.45, 7) is 14.5. The highest BCUT2D eigenvalue weighted by Gasteiger charge is 2.56. The van der Waals surface area contributed by atoms with E-state index in [0.717, 1.165) is 11.1 Å². The van der Waals surface area contributed by atoms with Crippen molar-refractivity contribution in [3.8, 4) is 5.75 Å². The van der Waals surface area contributed by atoms with Crippen molar-refractivity contribution in [3.05, 3.63) is 102 Å². The predicted molar refractivity (Wildman–Crippen MR) is 174 cm³/mol. The number of ether oxygens (including phenoxy) is 1. The SMILES string of the molecule is C[C@@H](O[Si](C)(C)C(C)(C)C)[C@H]1C(=O)N[C@@H]1[C@@H](C)C(=O)N1C(=O)c2ccccc2OC1(Cc1ccccc1)Cc1ccccc1. The van der Waals surface area contributed by atoms with E-state index in [1.807, 2.05) is 73.7 Å². The quantitative estimate of drug-likeness (QED) is 0.224. The van der Waals surface area contributed by atoms with Crippen molar-refractivity contribution < 1.29 is 23.5 Å². The molecule has 3 aromatic rings. The molecule has 7 nitrogen and oxygen atoms in total. The van der Waals surface area contributed by atoms with Gasteiger partial charge in [-0.2, -0.15) is 0 Å². The lowest BCUT2D eigenvalue weighted by molar-refractivity contribution is -0.158. The minimum atomic E-state index is -2.18. The van der Waals surface area contributed by atoms with E-state index in [1.165, 1.54) is 4.90 Å². The molecule has 232 valence electrons. The Kier molecular flexibility index (Phi) is 8.62. The summed E-state index contributed by atoms with van der Waals surface area (Å²) in [6, 6.07) is 26.2. The Morgan fingerprint density at radius 1 is 0.909 bits per heavy atom. The zero-order chi connectivity index (χ0) is 31.9. The van der Waals surface area contributed by atoms with Gasteiger partial charge in [0.2, 0.25) is 11.8 Å². The van der Waals surface area contributed by atoms with Crippen LogP contribution in [0.4, 0.5) is 0 Å². The molecule has 4 atom stereocenters. The first-order valence-corrected chi connectivity index (χ1v) is 18.4. The number of nitrogens with zero attached hydrogens (tertiary/aromatic N) is 1. The summed E-state index contributed by atoms with van der Waals surface area (Å²) in [5, 5.41) is 2.95. The number of hydrogen-bond acceptors (Lipinski definition) is 5. The molecular weight excluding hydrogens is 568 g/mol. The van der Waals surface area contributed by atoms with Crippen molar-refractivity contribution in [3.63, 3.8) is 0 Å². The zero-order valence-corrected chi connectivity index (χ0v) is 27.8. The second-order valence-electron chi connectivity index (χ2n) is 13.8. The van der Waals surface area contributed by atoms with Crippen LogP contribution in [0.25, 0.3) is 0 Å². The molecule has 3 amide bonds. The Hall–Kier alpha value is -3.75. The van der Waals surface area contributed by atoms with Gasteiger partial charge in [0, 0.05) is 12.8 Å². The van der Waals surface area contributed by atoms with Gasteiger partial charge in [0.1, 0.15) is 5.75 Å². The molecule has 44 heavy (non-hydrogen) atoms. The third-order valence-electron chi connectivity index (χ3n) is 9.61. The molecule has 0 radical (unpaired) electrons. The number of hydrogen-bond donors (Lipinski definition) is 1. The molecule has 1 fully saturated rings. The molecule has 0 aliphatic carbocycles. The molecule has 2 heterocycles. The molecule has 3 aromatic carbocycles. The van der Waals surface area contributed by atoms with Crippen molar-refractivity contribution >= 4 is 26.0 Å². The van der Waals surface area contributed by atoms with Gasteiger partial charge >= 0.3 is 0 Å². The van der Waals surface area contributed by atoms with E-state index >= 15 is 0 Å². The van der Waals surface area contributed by atoms with Gasteiger partial charge in [-0.25, -0.2) is 4.90 Å². The lowest BCUT2D eigenvalue weighted by atomic mass is 9.77. The number of β-lactam (4-membered cyclic amide) rings is 1. The highest BCUT2D eigenvalue weighted by atomic mass is 28.4. The number of para-hydroxylation sites is 1. The monoisotopic (exact) mass is 612 g/mol. The number of rotatable bonds is 9.